The smallest absolute Gasteiger partial charge is 0.188 e. The van der Waals surface area contributed by atoms with Gasteiger partial charge in [0.2, 0.25) is 0 Å². The second-order valence-corrected chi connectivity index (χ2v) is 3.72. The molecule has 0 heterocycles. The van der Waals surface area contributed by atoms with Crippen LogP contribution < -0.4 is 0 Å². The second kappa shape index (κ2) is 5.68. The Morgan fingerprint density at radius 1 is 0.944 bits per heavy atom. The summed E-state index contributed by atoms with van der Waals surface area (Å²) in [6.45, 7) is 0. The number of hydrogen-bond acceptors (Lipinski definition) is 3. The van der Waals surface area contributed by atoms with Crippen molar-refractivity contribution in [3.05, 3.63) is 76.7 Å². The average molecular weight is 237 g/mol. The van der Waals surface area contributed by atoms with Crippen molar-refractivity contribution in [2.45, 2.75) is 0 Å². The van der Waals surface area contributed by atoms with Gasteiger partial charge in [0.05, 0.1) is 5.56 Å². The minimum Gasteiger partial charge on any atom is -0.289 e. The lowest BCUT2D eigenvalue weighted by Crippen LogP contribution is -1.94. The molecule has 0 N–H and O–H groups in total. The molecule has 3 nitrogen and oxygen atoms in total. The molecule has 0 bridgehead atoms. The SMILES string of the molecule is O=Nc1ccccc1C(=O)/C=C/c1ccccc1. The first kappa shape index (κ1) is 11.9. The van der Waals surface area contributed by atoms with Crippen molar-refractivity contribution in [3.63, 3.8) is 0 Å². The maximum atomic E-state index is 11.9. The molecule has 2 aromatic carbocycles. The Morgan fingerprint density at radius 3 is 2.33 bits per heavy atom. The Kier molecular flexibility index (Phi) is 3.76. The van der Waals surface area contributed by atoms with E-state index in [9.17, 15) is 9.70 Å². The number of carbonyl (C=O) groups excluding carboxylic acids is 1. The summed E-state index contributed by atoms with van der Waals surface area (Å²) in [6, 6.07) is 16.0. The first-order valence-electron chi connectivity index (χ1n) is 5.51. The highest BCUT2D eigenvalue weighted by atomic mass is 16.3. The van der Waals surface area contributed by atoms with Crippen LogP contribution in [0.25, 0.3) is 6.08 Å². The average Bonchev–Trinajstić information content (AvgIpc) is 2.45. The number of nitroso groups, excluding NO2 is 1. The summed E-state index contributed by atoms with van der Waals surface area (Å²) in [5.41, 5.74) is 1.42. The van der Waals surface area contributed by atoms with Crippen molar-refractivity contribution in [1.29, 1.82) is 0 Å². The van der Waals surface area contributed by atoms with Crippen LogP contribution in [0.15, 0.2) is 65.9 Å². The Bertz CT molecular complexity index is 588. The van der Waals surface area contributed by atoms with Crippen LogP contribution >= 0.6 is 0 Å². The van der Waals surface area contributed by atoms with E-state index in [-0.39, 0.29) is 11.5 Å². The Labute approximate surface area is 105 Å². The third-order valence-corrected chi connectivity index (χ3v) is 2.49. The summed E-state index contributed by atoms with van der Waals surface area (Å²) in [6.07, 6.45) is 3.16. The highest BCUT2D eigenvalue weighted by Crippen LogP contribution is 2.19. The summed E-state index contributed by atoms with van der Waals surface area (Å²) in [7, 11) is 0. The van der Waals surface area contributed by atoms with E-state index in [0.29, 0.717) is 5.56 Å². The van der Waals surface area contributed by atoms with Gasteiger partial charge in [0.1, 0.15) is 5.69 Å². The lowest BCUT2D eigenvalue weighted by atomic mass is 10.1. The van der Waals surface area contributed by atoms with Crippen LogP contribution in [0.1, 0.15) is 15.9 Å². The van der Waals surface area contributed by atoms with Crippen LogP contribution in [0.2, 0.25) is 0 Å². The maximum Gasteiger partial charge on any atom is 0.188 e. The summed E-state index contributed by atoms with van der Waals surface area (Å²) < 4.78 is 0. The third-order valence-electron chi connectivity index (χ3n) is 2.49. The number of allylic oxidation sites excluding steroid dienone is 1. The number of benzene rings is 2. The zero-order valence-corrected chi connectivity index (χ0v) is 9.61. The Balaban J connectivity index is 2.22. The number of hydrogen-bond donors (Lipinski definition) is 0. The molecule has 2 aromatic rings. The number of nitrogens with zero attached hydrogens (tertiary/aromatic N) is 1. The third kappa shape index (κ3) is 2.77. The van der Waals surface area contributed by atoms with Gasteiger partial charge in [0.25, 0.3) is 0 Å². The van der Waals surface area contributed by atoms with Crippen LogP contribution in [-0.4, -0.2) is 5.78 Å². The molecule has 0 aliphatic carbocycles. The van der Waals surface area contributed by atoms with E-state index in [1.54, 1.807) is 24.3 Å². The maximum absolute atomic E-state index is 11.9. The highest BCUT2D eigenvalue weighted by Gasteiger charge is 2.07. The molecule has 0 aromatic heterocycles. The first-order chi connectivity index (χ1) is 8.81. The largest absolute Gasteiger partial charge is 0.289 e. The Morgan fingerprint density at radius 2 is 1.61 bits per heavy atom. The minimum absolute atomic E-state index is 0.167. The predicted molar refractivity (Wildman–Crippen MR) is 71.7 cm³/mol. The number of rotatable bonds is 4. The van der Waals surface area contributed by atoms with Crippen LogP contribution in [-0.2, 0) is 0 Å². The van der Waals surface area contributed by atoms with E-state index < -0.39 is 0 Å². The predicted octanol–water partition coefficient (Wildman–Crippen LogP) is 3.98. The molecule has 18 heavy (non-hydrogen) atoms. The van der Waals surface area contributed by atoms with Crippen molar-refractivity contribution in [2.24, 2.45) is 5.18 Å². The molecule has 0 saturated carbocycles. The summed E-state index contributed by atoms with van der Waals surface area (Å²) in [5.74, 6) is -0.228. The molecular formula is C15H11NO2. The standard InChI is InChI=1S/C15H11NO2/c17-15(11-10-12-6-2-1-3-7-12)13-8-4-5-9-14(13)16-18/h1-11H/b11-10+. The fourth-order valence-corrected chi connectivity index (χ4v) is 1.59. The fraction of sp³-hybridized carbons (Fsp3) is 0. The van der Waals surface area contributed by atoms with Crippen molar-refractivity contribution >= 4 is 17.5 Å². The van der Waals surface area contributed by atoms with Crippen molar-refractivity contribution in [3.8, 4) is 0 Å². The normalized spacial score (nSPS) is 10.4. The lowest BCUT2D eigenvalue weighted by molar-refractivity contribution is 0.104. The van der Waals surface area contributed by atoms with Gasteiger partial charge in [0, 0.05) is 0 Å². The molecule has 88 valence electrons. The first-order valence-corrected chi connectivity index (χ1v) is 5.51. The van der Waals surface area contributed by atoms with Crippen LogP contribution in [0.5, 0.6) is 0 Å². The van der Waals surface area contributed by atoms with E-state index in [4.69, 9.17) is 0 Å². The van der Waals surface area contributed by atoms with E-state index in [1.165, 1.54) is 12.1 Å². The molecule has 3 heteroatoms. The van der Waals surface area contributed by atoms with E-state index >= 15 is 0 Å². The molecule has 0 fully saturated rings. The van der Waals surface area contributed by atoms with Crippen LogP contribution in [0, 0.1) is 4.91 Å². The fourth-order valence-electron chi connectivity index (χ4n) is 1.59. The summed E-state index contributed by atoms with van der Waals surface area (Å²) in [4.78, 5) is 22.5. The molecule has 0 aliphatic heterocycles. The quantitative estimate of drug-likeness (QED) is 0.458. The van der Waals surface area contributed by atoms with Crippen LogP contribution in [0.4, 0.5) is 5.69 Å². The van der Waals surface area contributed by atoms with Gasteiger partial charge in [-0.15, -0.1) is 4.91 Å². The topological polar surface area (TPSA) is 46.5 Å². The highest BCUT2D eigenvalue weighted by molar-refractivity contribution is 6.09. The molecule has 0 amide bonds. The van der Waals surface area contributed by atoms with E-state index in [0.717, 1.165) is 5.56 Å². The van der Waals surface area contributed by atoms with E-state index in [1.807, 2.05) is 30.3 Å². The van der Waals surface area contributed by atoms with Crippen molar-refractivity contribution in [1.82, 2.24) is 0 Å². The minimum atomic E-state index is -0.228. The zero-order chi connectivity index (χ0) is 12.8. The van der Waals surface area contributed by atoms with Gasteiger partial charge in [-0.2, -0.15) is 0 Å². The van der Waals surface area contributed by atoms with Gasteiger partial charge in [-0.25, -0.2) is 0 Å². The molecule has 0 unspecified atom stereocenters. The van der Waals surface area contributed by atoms with Gasteiger partial charge in [0.15, 0.2) is 5.78 Å². The van der Waals surface area contributed by atoms with Crippen molar-refractivity contribution in [2.75, 3.05) is 0 Å². The van der Waals surface area contributed by atoms with Gasteiger partial charge in [-0.05, 0) is 28.9 Å². The number of carbonyl (C=O) groups is 1. The molecule has 2 rings (SSSR count). The molecule has 0 atom stereocenters. The van der Waals surface area contributed by atoms with Gasteiger partial charge < -0.3 is 0 Å². The summed E-state index contributed by atoms with van der Waals surface area (Å²) >= 11 is 0. The Hall–Kier alpha value is -2.55. The van der Waals surface area contributed by atoms with Crippen LogP contribution in [0.3, 0.4) is 0 Å². The molecule has 0 aliphatic rings. The van der Waals surface area contributed by atoms with Crippen molar-refractivity contribution < 1.29 is 4.79 Å². The zero-order valence-electron chi connectivity index (χ0n) is 9.61. The monoisotopic (exact) mass is 237 g/mol. The van der Waals surface area contributed by atoms with Gasteiger partial charge in [-0.3, -0.25) is 4.79 Å². The molecule has 0 spiro atoms. The lowest BCUT2D eigenvalue weighted by Gasteiger charge is -1.98. The van der Waals surface area contributed by atoms with Gasteiger partial charge >= 0.3 is 0 Å². The molecule has 0 radical (unpaired) electrons. The number of ketones is 1. The van der Waals surface area contributed by atoms with Gasteiger partial charge in [-0.1, -0.05) is 48.5 Å². The molecule has 0 saturated heterocycles. The summed E-state index contributed by atoms with van der Waals surface area (Å²) in [5, 5.41) is 2.84. The second-order valence-electron chi connectivity index (χ2n) is 3.72. The molecular weight excluding hydrogens is 226 g/mol. The van der Waals surface area contributed by atoms with E-state index in [2.05, 4.69) is 5.18 Å².